The fraction of sp³-hybridized carbons (Fsp3) is 0.538. The highest BCUT2D eigenvalue weighted by molar-refractivity contribution is 5.65. The number of nitro groups is 1. The quantitative estimate of drug-likeness (QED) is 0.670. The van der Waals surface area contributed by atoms with Gasteiger partial charge in [-0.25, -0.2) is 0 Å². The van der Waals surface area contributed by atoms with Crippen molar-refractivity contribution in [1.29, 1.82) is 0 Å². The van der Waals surface area contributed by atoms with Crippen LogP contribution >= 0.6 is 0 Å². The zero-order chi connectivity index (χ0) is 15.8. The first kappa shape index (κ1) is 15.6. The van der Waals surface area contributed by atoms with Crippen molar-refractivity contribution >= 4 is 11.4 Å². The SMILES string of the molecule is C[C@H](O)c1ccc(N(CC(F)(F)F)C2CC2)c([N+](=O)[O-])c1. The van der Waals surface area contributed by atoms with Crippen molar-refractivity contribution in [3.63, 3.8) is 0 Å². The highest BCUT2D eigenvalue weighted by Gasteiger charge is 2.40. The summed E-state index contributed by atoms with van der Waals surface area (Å²) in [5, 5.41) is 20.6. The van der Waals surface area contributed by atoms with Gasteiger partial charge in [-0.1, -0.05) is 6.07 Å². The van der Waals surface area contributed by atoms with Crippen molar-refractivity contribution in [3.05, 3.63) is 33.9 Å². The van der Waals surface area contributed by atoms with Crippen LogP contribution in [0.2, 0.25) is 0 Å². The molecule has 0 unspecified atom stereocenters. The minimum absolute atomic E-state index is 0.0516. The van der Waals surface area contributed by atoms with Crippen molar-refractivity contribution in [3.8, 4) is 0 Å². The van der Waals surface area contributed by atoms with E-state index in [0.717, 1.165) is 11.0 Å². The van der Waals surface area contributed by atoms with E-state index in [4.69, 9.17) is 0 Å². The molecular weight excluding hydrogens is 289 g/mol. The van der Waals surface area contributed by atoms with E-state index in [1.54, 1.807) is 0 Å². The van der Waals surface area contributed by atoms with E-state index >= 15 is 0 Å². The van der Waals surface area contributed by atoms with Crippen LogP contribution in [0.25, 0.3) is 0 Å². The summed E-state index contributed by atoms with van der Waals surface area (Å²) < 4.78 is 38.0. The van der Waals surface area contributed by atoms with E-state index in [0.29, 0.717) is 18.4 Å². The van der Waals surface area contributed by atoms with Crippen LogP contribution in [-0.4, -0.2) is 28.8 Å². The maximum absolute atomic E-state index is 12.7. The van der Waals surface area contributed by atoms with Gasteiger partial charge in [-0.2, -0.15) is 13.2 Å². The molecule has 8 heteroatoms. The van der Waals surface area contributed by atoms with Crippen LogP contribution < -0.4 is 4.90 Å². The predicted octanol–water partition coefficient (Wildman–Crippen LogP) is 3.18. The highest BCUT2D eigenvalue weighted by Crippen LogP contribution is 2.39. The second-order valence-corrected chi connectivity index (χ2v) is 5.16. The molecule has 2 rings (SSSR count). The Bertz CT molecular complexity index is 542. The van der Waals surface area contributed by atoms with Crippen LogP contribution in [-0.2, 0) is 0 Å². The summed E-state index contributed by atoms with van der Waals surface area (Å²) in [5.41, 5.74) is -0.165. The average Bonchev–Trinajstić information content (AvgIpc) is 3.18. The van der Waals surface area contributed by atoms with Gasteiger partial charge in [-0.3, -0.25) is 10.1 Å². The second kappa shape index (κ2) is 5.51. The maximum Gasteiger partial charge on any atom is 0.405 e. The van der Waals surface area contributed by atoms with Crippen molar-refractivity contribution in [2.75, 3.05) is 11.4 Å². The molecule has 0 aromatic heterocycles. The van der Waals surface area contributed by atoms with Gasteiger partial charge in [0, 0.05) is 12.1 Å². The normalized spacial score (nSPS) is 16.6. The highest BCUT2D eigenvalue weighted by atomic mass is 19.4. The Hall–Kier alpha value is -1.83. The lowest BCUT2D eigenvalue weighted by molar-refractivity contribution is -0.384. The van der Waals surface area contributed by atoms with E-state index in [2.05, 4.69) is 0 Å². The zero-order valence-electron chi connectivity index (χ0n) is 11.3. The number of halogens is 3. The molecule has 0 amide bonds. The number of nitrogens with zero attached hydrogens (tertiary/aromatic N) is 2. The van der Waals surface area contributed by atoms with E-state index < -0.39 is 29.4 Å². The number of hydrogen-bond acceptors (Lipinski definition) is 4. The Morgan fingerprint density at radius 1 is 1.48 bits per heavy atom. The molecule has 1 aromatic carbocycles. The van der Waals surface area contributed by atoms with Gasteiger partial charge in [0.2, 0.25) is 0 Å². The molecule has 1 saturated carbocycles. The van der Waals surface area contributed by atoms with E-state index in [1.165, 1.54) is 19.1 Å². The van der Waals surface area contributed by atoms with Gasteiger partial charge in [0.15, 0.2) is 0 Å². The van der Waals surface area contributed by atoms with Crippen LogP contribution in [0.15, 0.2) is 18.2 Å². The first-order valence-electron chi connectivity index (χ1n) is 6.49. The number of hydrogen-bond donors (Lipinski definition) is 1. The fourth-order valence-electron chi connectivity index (χ4n) is 2.18. The first-order valence-corrected chi connectivity index (χ1v) is 6.49. The van der Waals surface area contributed by atoms with Crippen molar-refractivity contribution in [1.82, 2.24) is 0 Å². The van der Waals surface area contributed by atoms with Gasteiger partial charge in [-0.15, -0.1) is 0 Å². The molecule has 1 aliphatic rings. The summed E-state index contributed by atoms with van der Waals surface area (Å²) in [4.78, 5) is 11.4. The molecule has 0 spiro atoms. The van der Waals surface area contributed by atoms with Gasteiger partial charge in [0.05, 0.1) is 11.0 Å². The number of alkyl halides is 3. The van der Waals surface area contributed by atoms with Gasteiger partial charge >= 0.3 is 6.18 Å². The van der Waals surface area contributed by atoms with Gasteiger partial charge in [-0.05, 0) is 31.4 Å². The largest absolute Gasteiger partial charge is 0.405 e. The summed E-state index contributed by atoms with van der Waals surface area (Å²) in [6, 6.07) is 3.51. The lowest BCUT2D eigenvalue weighted by Crippen LogP contribution is -2.36. The summed E-state index contributed by atoms with van der Waals surface area (Å²) in [6.45, 7) is 0.222. The molecule has 1 N–H and O–H groups in total. The third-order valence-electron chi connectivity index (χ3n) is 3.33. The monoisotopic (exact) mass is 304 g/mol. The number of nitro benzene ring substituents is 1. The lowest BCUT2D eigenvalue weighted by atomic mass is 10.1. The molecule has 21 heavy (non-hydrogen) atoms. The summed E-state index contributed by atoms with van der Waals surface area (Å²) in [5.74, 6) is 0. The standard InChI is InChI=1S/C13H15F3N2O3/c1-8(19)9-2-5-11(12(6-9)18(20)21)17(10-3-4-10)7-13(14,15)16/h2,5-6,8,10,19H,3-4,7H2,1H3/t8-/m0/s1. The molecule has 0 saturated heterocycles. The van der Waals surface area contributed by atoms with Crippen LogP contribution in [0, 0.1) is 10.1 Å². The van der Waals surface area contributed by atoms with Crippen molar-refractivity contribution in [2.24, 2.45) is 0 Å². The van der Waals surface area contributed by atoms with Gasteiger partial charge in [0.1, 0.15) is 12.2 Å². The Morgan fingerprint density at radius 3 is 2.52 bits per heavy atom. The molecule has 1 aliphatic carbocycles. The Balaban J connectivity index is 2.42. The Labute approximate surface area is 119 Å². The number of anilines is 1. The first-order chi connectivity index (χ1) is 9.69. The molecule has 1 atom stereocenters. The van der Waals surface area contributed by atoms with Crippen molar-refractivity contribution in [2.45, 2.75) is 38.1 Å². The molecule has 0 aliphatic heterocycles. The van der Waals surface area contributed by atoms with E-state index in [9.17, 15) is 28.4 Å². The summed E-state index contributed by atoms with van der Waals surface area (Å²) >= 11 is 0. The van der Waals surface area contributed by atoms with Crippen LogP contribution in [0.4, 0.5) is 24.5 Å². The third-order valence-corrected chi connectivity index (χ3v) is 3.33. The maximum atomic E-state index is 12.7. The van der Waals surface area contributed by atoms with Crippen LogP contribution in [0.1, 0.15) is 31.4 Å². The number of aliphatic hydroxyl groups is 1. The Morgan fingerprint density at radius 2 is 2.10 bits per heavy atom. The van der Waals surface area contributed by atoms with Crippen LogP contribution in [0.3, 0.4) is 0 Å². The summed E-state index contributed by atoms with van der Waals surface area (Å²) in [7, 11) is 0. The molecular formula is C13H15F3N2O3. The predicted molar refractivity (Wildman–Crippen MR) is 70.2 cm³/mol. The van der Waals surface area contributed by atoms with E-state index in [1.807, 2.05) is 0 Å². The Kier molecular flexibility index (Phi) is 4.08. The van der Waals surface area contributed by atoms with Gasteiger partial charge in [0.25, 0.3) is 5.69 Å². The lowest BCUT2D eigenvalue weighted by Gasteiger charge is -2.25. The number of benzene rings is 1. The second-order valence-electron chi connectivity index (χ2n) is 5.16. The van der Waals surface area contributed by atoms with E-state index in [-0.39, 0.29) is 11.7 Å². The number of aliphatic hydroxyl groups excluding tert-OH is 1. The van der Waals surface area contributed by atoms with Crippen molar-refractivity contribution < 1.29 is 23.2 Å². The molecule has 1 fully saturated rings. The third kappa shape index (κ3) is 3.84. The molecule has 1 aromatic rings. The fourth-order valence-corrected chi connectivity index (χ4v) is 2.18. The topological polar surface area (TPSA) is 66.6 Å². The molecule has 116 valence electrons. The number of rotatable bonds is 5. The minimum Gasteiger partial charge on any atom is -0.389 e. The average molecular weight is 304 g/mol. The molecule has 0 radical (unpaired) electrons. The van der Waals surface area contributed by atoms with Gasteiger partial charge < -0.3 is 10.0 Å². The smallest absolute Gasteiger partial charge is 0.389 e. The minimum atomic E-state index is -4.43. The summed E-state index contributed by atoms with van der Waals surface area (Å²) in [6.07, 6.45) is -4.18. The van der Waals surface area contributed by atoms with Crippen LogP contribution in [0.5, 0.6) is 0 Å². The molecule has 5 nitrogen and oxygen atoms in total. The molecule has 0 bridgehead atoms. The molecule has 0 heterocycles. The zero-order valence-corrected chi connectivity index (χ0v) is 11.3.